The maximum atomic E-state index is 12.8. The van der Waals surface area contributed by atoms with Crippen LogP contribution in [0.15, 0.2) is 36.4 Å². The molecule has 1 aromatic heterocycles. The van der Waals surface area contributed by atoms with Crippen molar-refractivity contribution in [1.29, 1.82) is 0 Å². The van der Waals surface area contributed by atoms with Crippen LogP contribution in [0.1, 0.15) is 23.2 Å². The third-order valence-electron chi connectivity index (χ3n) is 4.38. The number of hydrogen-bond donors (Lipinski definition) is 0. The van der Waals surface area contributed by atoms with Gasteiger partial charge in [0.25, 0.3) is 5.91 Å². The van der Waals surface area contributed by atoms with Crippen molar-refractivity contribution in [1.82, 2.24) is 15.1 Å². The zero-order chi connectivity index (χ0) is 21.0. The van der Waals surface area contributed by atoms with Gasteiger partial charge in [-0.15, -0.1) is 23.4 Å². The van der Waals surface area contributed by atoms with Crippen molar-refractivity contribution in [2.24, 2.45) is 0 Å². The van der Waals surface area contributed by atoms with E-state index in [1.165, 1.54) is 23.1 Å². The number of rotatable bonds is 5. The minimum atomic E-state index is -4.87. The molecule has 2 aromatic rings. The van der Waals surface area contributed by atoms with Crippen molar-refractivity contribution in [2.75, 3.05) is 32.1 Å². The van der Waals surface area contributed by atoms with E-state index in [-0.39, 0.29) is 18.2 Å². The predicted octanol–water partition coefficient (Wildman–Crippen LogP) is 3.12. The number of halogens is 3. The Kier molecular flexibility index (Phi) is 6.09. The fraction of sp³-hybridized carbons (Fsp3) is 0.421. The summed E-state index contributed by atoms with van der Waals surface area (Å²) in [5.41, 5.74) is -0.138. The van der Waals surface area contributed by atoms with E-state index in [1.54, 1.807) is 17.0 Å². The van der Waals surface area contributed by atoms with Crippen LogP contribution in [0.3, 0.4) is 0 Å². The number of likely N-dealkylation sites (tertiary alicyclic amines) is 1. The molecule has 1 amide bonds. The molecule has 2 heterocycles. The van der Waals surface area contributed by atoms with Gasteiger partial charge in [0.05, 0.1) is 12.1 Å². The highest BCUT2D eigenvalue weighted by atomic mass is 19.4. The van der Waals surface area contributed by atoms with Crippen molar-refractivity contribution in [3.8, 4) is 11.6 Å². The zero-order valence-corrected chi connectivity index (χ0v) is 16.0. The van der Waals surface area contributed by atoms with E-state index >= 15 is 0 Å². The van der Waals surface area contributed by atoms with Crippen molar-refractivity contribution >= 4 is 11.7 Å². The number of aromatic nitrogens is 2. The van der Waals surface area contributed by atoms with Gasteiger partial charge in [-0.05, 0) is 31.0 Å². The van der Waals surface area contributed by atoms with Crippen molar-refractivity contribution in [2.45, 2.75) is 25.3 Å². The van der Waals surface area contributed by atoms with E-state index < -0.39 is 18.0 Å². The highest BCUT2D eigenvalue weighted by Gasteiger charge is 2.34. The third-order valence-corrected chi connectivity index (χ3v) is 4.38. The lowest BCUT2D eigenvalue weighted by molar-refractivity contribution is -0.274. The van der Waals surface area contributed by atoms with Gasteiger partial charge in [-0.1, -0.05) is 12.1 Å². The van der Waals surface area contributed by atoms with Gasteiger partial charge in [0.2, 0.25) is 5.88 Å². The van der Waals surface area contributed by atoms with Crippen LogP contribution in [-0.4, -0.2) is 60.7 Å². The van der Waals surface area contributed by atoms with Crippen LogP contribution in [0.2, 0.25) is 0 Å². The summed E-state index contributed by atoms with van der Waals surface area (Å²) in [6.07, 6.45) is -3.85. The van der Waals surface area contributed by atoms with Gasteiger partial charge in [0, 0.05) is 26.7 Å². The molecule has 29 heavy (non-hydrogen) atoms. The van der Waals surface area contributed by atoms with E-state index in [4.69, 9.17) is 4.74 Å². The lowest BCUT2D eigenvalue weighted by atomic mass is 10.1. The fourth-order valence-corrected chi connectivity index (χ4v) is 3.03. The molecule has 0 radical (unpaired) electrons. The first-order valence-electron chi connectivity index (χ1n) is 9.04. The summed E-state index contributed by atoms with van der Waals surface area (Å²) in [5, 5.41) is 8.05. The maximum absolute atomic E-state index is 12.8. The molecule has 0 aliphatic carbocycles. The molecule has 1 atom stereocenters. The van der Waals surface area contributed by atoms with Crippen LogP contribution in [-0.2, 0) is 0 Å². The Labute approximate surface area is 166 Å². The summed E-state index contributed by atoms with van der Waals surface area (Å²) in [4.78, 5) is 16.1. The third kappa shape index (κ3) is 5.49. The van der Waals surface area contributed by atoms with E-state index in [0.29, 0.717) is 31.1 Å². The van der Waals surface area contributed by atoms with Crippen LogP contribution in [0.5, 0.6) is 11.6 Å². The van der Waals surface area contributed by atoms with Crippen molar-refractivity contribution in [3.05, 3.63) is 42.0 Å². The van der Waals surface area contributed by atoms with E-state index in [1.807, 2.05) is 14.1 Å². The van der Waals surface area contributed by atoms with Crippen molar-refractivity contribution < 1.29 is 27.4 Å². The quantitative estimate of drug-likeness (QED) is 0.755. The predicted molar refractivity (Wildman–Crippen MR) is 99.0 cm³/mol. The van der Waals surface area contributed by atoms with E-state index in [0.717, 1.165) is 6.07 Å². The van der Waals surface area contributed by atoms with Crippen LogP contribution < -0.4 is 14.4 Å². The largest absolute Gasteiger partial charge is 0.573 e. The molecular weight excluding hydrogens is 389 g/mol. The molecule has 0 bridgehead atoms. The Hall–Kier alpha value is -3.04. The molecule has 0 spiro atoms. The molecule has 1 saturated heterocycles. The summed E-state index contributed by atoms with van der Waals surface area (Å²) in [6.45, 7) is 0.653. The van der Waals surface area contributed by atoms with Gasteiger partial charge in [-0.25, -0.2) is 0 Å². The number of alkyl halides is 3. The lowest BCUT2D eigenvalue weighted by Crippen LogP contribution is -2.44. The average Bonchev–Trinajstić information content (AvgIpc) is 2.67. The van der Waals surface area contributed by atoms with Crippen LogP contribution in [0.25, 0.3) is 0 Å². The first-order chi connectivity index (χ1) is 13.7. The van der Waals surface area contributed by atoms with Gasteiger partial charge in [0.15, 0.2) is 5.82 Å². The number of para-hydroxylation sites is 1. The molecule has 7 nitrogen and oxygen atoms in total. The van der Waals surface area contributed by atoms with Gasteiger partial charge >= 0.3 is 6.36 Å². The smallest absolute Gasteiger partial charge is 0.471 e. The Balaban J connectivity index is 1.68. The highest BCUT2D eigenvalue weighted by molar-refractivity contribution is 5.97. The highest BCUT2D eigenvalue weighted by Crippen LogP contribution is 2.28. The number of piperidine rings is 1. The first-order valence-corrected chi connectivity index (χ1v) is 9.04. The summed E-state index contributed by atoms with van der Waals surface area (Å²) >= 11 is 0. The SMILES string of the molecule is CN(C)c1ccc(OC2CCCN(C(=O)c3ccccc3OC(F)(F)F)C2)nn1. The topological polar surface area (TPSA) is 67.8 Å². The minimum Gasteiger partial charge on any atom is -0.471 e. The monoisotopic (exact) mass is 410 g/mol. The van der Waals surface area contributed by atoms with Gasteiger partial charge in [-0.3, -0.25) is 4.79 Å². The second-order valence-electron chi connectivity index (χ2n) is 6.80. The lowest BCUT2D eigenvalue weighted by Gasteiger charge is -2.33. The molecule has 1 unspecified atom stereocenters. The van der Waals surface area contributed by atoms with Crippen LogP contribution in [0.4, 0.5) is 19.0 Å². The number of carbonyl (C=O) groups excluding carboxylic acids is 1. The number of nitrogens with zero attached hydrogens (tertiary/aromatic N) is 4. The average molecular weight is 410 g/mol. The molecule has 156 valence electrons. The summed E-state index contributed by atoms with van der Waals surface area (Å²) in [7, 11) is 3.69. The van der Waals surface area contributed by atoms with E-state index in [2.05, 4.69) is 14.9 Å². The second-order valence-corrected chi connectivity index (χ2v) is 6.80. The molecule has 0 N–H and O–H groups in total. The summed E-state index contributed by atoms with van der Waals surface area (Å²) in [6, 6.07) is 8.78. The molecular formula is C19H21F3N4O3. The van der Waals surface area contributed by atoms with Gasteiger partial charge in [0.1, 0.15) is 11.9 Å². The van der Waals surface area contributed by atoms with Gasteiger partial charge in [-0.2, -0.15) is 0 Å². The standard InChI is InChI=1S/C19H21F3N4O3/c1-25(2)16-9-10-17(24-23-16)28-13-6-5-11-26(12-13)18(27)14-7-3-4-8-15(14)29-19(20,21)22/h3-4,7-10,13H,5-6,11-12H2,1-2H3. The Morgan fingerprint density at radius 1 is 1.17 bits per heavy atom. The maximum Gasteiger partial charge on any atom is 0.573 e. The Bertz CT molecular complexity index is 843. The minimum absolute atomic E-state index is 0.138. The molecule has 0 saturated carbocycles. The van der Waals surface area contributed by atoms with E-state index in [9.17, 15) is 18.0 Å². The fourth-order valence-electron chi connectivity index (χ4n) is 3.03. The van der Waals surface area contributed by atoms with Crippen LogP contribution >= 0.6 is 0 Å². The van der Waals surface area contributed by atoms with Gasteiger partial charge < -0.3 is 19.3 Å². The number of ether oxygens (including phenoxy) is 2. The number of carbonyl (C=O) groups is 1. The molecule has 1 aliphatic rings. The molecule has 1 aromatic carbocycles. The molecule has 10 heteroatoms. The summed E-state index contributed by atoms with van der Waals surface area (Å²) < 4.78 is 47.7. The Morgan fingerprint density at radius 3 is 2.59 bits per heavy atom. The number of hydrogen-bond acceptors (Lipinski definition) is 6. The first kappa shape index (κ1) is 20.7. The number of benzene rings is 1. The molecule has 1 aliphatic heterocycles. The Morgan fingerprint density at radius 2 is 1.93 bits per heavy atom. The number of amides is 1. The zero-order valence-electron chi connectivity index (χ0n) is 16.0. The number of anilines is 1. The van der Waals surface area contributed by atoms with Crippen molar-refractivity contribution in [3.63, 3.8) is 0 Å². The summed E-state index contributed by atoms with van der Waals surface area (Å²) in [5.74, 6) is -0.0415. The second kappa shape index (κ2) is 8.54. The normalized spacial score (nSPS) is 17.0. The molecule has 1 fully saturated rings. The molecule has 3 rings (SSSR count). The van der Waals surface area contributed by atoms with Crippen LogP contribution in [0, 0.1) is 0 Å².